The van der Waals surface area contributed by atoms with Gasteiger partial charge in [0.2, 0.25) is 0 Å². The third-order valence-electron chi connectivity index (χ3n) is 5.67. The topological polar surface area (TPSA) is 58.6 Å². The monoisotopic (exact) mass is 337 g/mol. The number of nitrogens with one attached hydrogen (secondary N) is 1. The second-order valence-corrected chi connectivity index (χ2v) is 6.92. The van der Waals surface area contributed by atoms with E-state index in [1.807, 2.05) is 6.07 Å². The molecule has 4 rings (SSSR count). The highest BCUT2D eigenvalue weighted by Crippen LogP contribution is 2.48. The molecule has 23 heavy (non-hydrogen) atoms. The summed E-state index contributed by atoms with van der Waals surface area (Å²) in [6, 6.07) is 5.87. The van der Waals surface area contributed by atoms with Crippen LogP contribution in [0.25, 0.3) is 0 Å². The molecule has 126 valence electrons. The van der Waals surface area contributed by atoms with Crippen molar-refractivity contribution in [2.45, 2.75) is 50.7 Å². The van der Waals surface area contributed by atoms with E-state index in [1.165, 1.54) is 32.1 Å². The van der Waals surface area contributed by atoms with Crippen LogP contribution in [0.1, 0.15) is 60.6 Å². The molecule has 1 saturated carbocycles. The maximum atomic E-state index is 11.2. The van der Waals surface area contributed by atoms with E-state index >= 15 is 0 Å². The van der Waals surface area contributed by atoms with Gasteiger partial charge < -0.3 is 15.2 Å². The Labute approximate surface area is 143 Å². The molecular formula is C18H24ClNO3. The number of rotatable bonds is 2. The maximum Gasteiger partial charge on any atom is 0.335 e. The van der Waals surface area contributed by atoms with Crippen molar-refractivity contribution in [2.24, 2.45) is 11.8 Å². The molecule has 2 heterocycles. The fourth-order valence-corrected chi connectivity index (χ4v) is 4.63. The van der Waals surface area contributed by atoms with Crippen LogP contribution >= 0.6 is 12.4 Å². The molecule has 4 nitrogen and oxygen atoms in total. The van der Waals surface area contributed by atoms with Gasteiger partial charge >= 0.3 is 5.97 Å². The van der Waals surface area contributed by atoms with Crippen LogP contribution in [0.3, 0.4) is 0 Å². The Morgan fingerprint density at radius 2 is 1.96 bits per heavy atom. The lowest BCUT2D eigenvalue weighted by molar-refractivity contribution is -0.0437. The zero-order valence-corrected chi connectivity index (χ0v) is 14.0. The Morgan fingerprint density at radius 3 is 2.70 bits per heavy atom. The van der Waals surface area contributed by atoms with Crippen molar-refractivity contribution >= 4 is 24.1 Å². The zero-order chi connectivity index (χ0) is 15.1. The number of carboxylic acids is 1. The van der Waals surface area contributed by atoms with Crippen molar-refractivity contribution in [1.29, 1.82) is 0 Å². The van der Waals surface area contributed by atoms with Crippen molar-refractivity contribution in [3.8, 4) is 0 Å². The molecule has 3 atom stereocenters. The number of benzene rings is 1. The number of hydrogen-bond donors (Lipinski definition) is 2. The summed E-state index contributed by atoms with van der Waals surface area (Å²) in [5.74, 6) is 0.365. The summed E-state index contributed by atoms with van der Waals surface area (Å²) < 4.78 is 6.11. The van der Waals surface area contributed by atoms with E-state index in [1.54, 1.807) is 12.1 Å². The minimum absolute atomic E-state index is 0. The second-order valence-electron chi connectivity index (χ2n) is 6.92. The lowest BCUT2D eigenvalue weighted by Crippen LogP contribution is -2.45. The van der Waals surface area contributed by atoms with Gasteiger partial charge in [-0.15, -0.1) is 12.4 Å². The summed E-state index contributed by atoms with van der Waals surface area (Å²) in [7, 11) is 0. The van der Waals surface area contributed by atoms with Crippen molar-refractivity contribution in [3.63, 3.8) is 0 Å². The van der Waals surface area contributed by atoms with Crippen LogP contribution in [0.2, 0.25) is 0 Å². The van der Waals surface area contributed by atoms with E-state index in [0.29, 0.717) is 23.4 Å². The molecule has 5 heteroatoms. The summed E-state index contributed by atoms with van der Waals surface area (Å²) in [5, 5.41) is 12.9. The van der Waals surface area contributed by atoms with Crippen molar-refractivity contribution in [2.75, 3.05) is 11.9 Å². The predicted molar refractivity (Wildman–Crippen MR) is 91.4 cm³/mol. The van der Waals surface area contributed by atoms with Gasteiger partial charge in [-0.25, -0.2) is 4.79 Å². The molecule has 1 aromatic rings. The fourth-order valence-electron chi connectivity index (χ4n) is 4.63. The molecular weight excluding hydrogens is 314 g/mol. The van der Waals surface area contributed by atoms with E-state index in [0.717, 1.165) is 24.3 Å². The molecule has 0 amide bonds. The highest BCUT2D eigenvalue weighted by molar-refractivity contribution is 5.89. The summed E-state index contributed by atoms with van der Waals surface area (Å²) >= 11 is 0. The fraction of sp³-hybridized carbons (Fsp3) is 0.611. The molecule has 0 radical (unpaired) electrons. The molecule has 1 aliphatic carbocycles. The van der Waals surface area contributed by atoms with E-state index in [2.05, 4.69) is 5.32 Å². The van der Waals surface area contributed by atoms with Crippen LogP contribution in [0.4, 0.5) is 5.69 Å². The molecule has 3 unspecified atom stereocenters. The Bertz CT molecular complexity index is 586. The SMILES string of the molecule is Cl.O=C(O)c1ccc2c(c1)NC(C1CCCC1)C1CCCOC21. The number of hydrogen-bond acceptors (Lipinski definition) is 3. The number of carbonyl (C=O) groups is 1. The van der Waals surface area contributed by atoms with Gasteiger partial charge in [-0.05, 0) is 43.7 Å². The van der Waals surface area contributed by atoms with Gasteiger partial charge in [-0.1, -0.05) is 18.9 Å². The highest BCUT2D eigenvalue weighted by atomic mass is 35.5. The zero-order valence-electron chi connectivity index (χ0n) is 13.2. The smallest absolute Gasteiger partial charge is 0.335 e. The predicted octanol–water partition coefficient (Wildman–Crippen LogP) is 4.26. The molecule has 0 bridgehead atoms. The number of fused-ring (bicyclic) bond motifs is 3. The molecule has 2 aliphatic heterocycles. The van der Waals surface area contributed by atoms with Crippen LogP contribution in [0.15, 0.2) is 18.2 Å². The first kappa shape index (κ1) is 16.6. The van der Waals surface area contributed by atoms with Crippen LogP contribution in [-0.2, 0) is 4.74 Å². The summed E-state index contributed by atoms with van der Waals surface area (Å²) in [6.07, 6.45) is 7.70. The minimum atomic E-state index is -0.867. The molecule has 3 aliphatic rings. The van der Waals surface area contributed by atoms with E-state index in [4.69, 9.17) is 4.74 Å². The number of anilines is 1. The Balaban J connectivity index is 0.00000156. The largest absolute Gasteiger partial charge is 0.478 e. The van der Waals surface area contributed by atoms with Gasteiger partial charge in [0, 0.05) is 29.8 Å². The normalized spacial score (nSPS) is 29.8. The molecule has 0 aromatic heterocycles. The van der Waals surface area contributed by atoms with Gasteiger partial charge in [-0.2, -0.15) is 0 Å². The van der Waals surface area contributed by atoms with E-state index in [9.17, 15) is 9.90 Å². The van der Waals surface area contributed by atoms with Gasteiger partial charge in [0.15, 0.2) is 0 Å². The molecule has 2 N–H and O–H groups in total. The molecule has 2 fully saturated rings. The molecule has 0 spiro atoms. The third kappa shape index (κ3) is 2.94. The van der Waals surface area contributed by atoms with Crippen molar-refractivity contribution in [3.05, 3.63) is 29.3 Å². The summed E-state index contributed by atoms with van der Waals surface area (Å²) in [5.41, 5.74) is 2.47. The molecule has 1 aromatic carbocycles. The van der Waals surface area contributed by atoms with Crippen LogP contribution in [-0.4, -0.2) is 23.7 Å². The lowest BCUT2D eigenvalue weighted by Gasteiger charge is -2.45. The van der Waals surface area contributed by atoms with Crippen LogP contribution < -0.4 is 5.32 Å². The number of aromatic carboxylic acids is 1. The Kier molecular flexibility index (Phi) is 4.83. The summed E-state index contributed by atoms with van der Waals surface area (Å²) in [4.78, 5) is 11.2. The standard InChI is InChI=1S/C18H23NO3.ClH/c20-18(21)12-7-8-13-15(10-12)19-16(11-4-1-2-5-11)14-6-3-9-22-17(13)14;/h7-8,10-11,14,16-17,19H,1-6,9H2,(H,20,21);1H. The van der Waals surface area contributed by atoms with E-state index in [-0.39, 0.29) is 18.5 Å². The number of carboxylic acid groups (broad SMARTS) is 1. The highest BCUT2D eigenvalue weighted by Gasteiger charge is 2.42. The van der Waals surface area contributed by atoms with Gasteiger partial charge in [-0.3, -0.25) is 0 Å². The maximum absolute atomic E-state index is 11.2. The van der Waals surface area contributed by atoms with Gasteiger partial charge in [0.05, 0.1) is 11.7 Å². The van der Waals surface area contributed by atoms with Crippen LogP contribution in [0.5, 0.6) is 0 Å². The van der Waals surface area contributed by atoms with E-state index < -0.39 is 5.97 Å². The summed E-state index contributed by atoms with van der Waals surface area (Å²) in [6.45, 7) is 0.818. The average molecular weight is 338 g/mol. The van der Waals surface area contributed by atoms with Gasteiger partial charge in [0.25, 0.3) is 0 Å². The van der Waals surface area contributed by atoms with Crippen LogP contribution in [0, 0.1) is 11.8 Å². The lowest BCUT2D eigenvalue weighted by atomic mass is 9.74. The Morgan fingerprint density at radius 1 is 1.17 bits per heavy atom. The first-order valence-corrected chi connectivity index (χ1v) is 8.49. The number of halogens is 1. The van der Waals surface area contributed by atoms with Gasteiger partial charge in [0.1, 0.15) is 0 Å². The molecule has 1 saturated heterocycles. The second kappa shape index (κ2) is 6.70. The number of ether oxygens (including phenoxy) is 1. The van der Waals surface area contributed by atoms with Crippen molar-refractivity contribution < 1.29 is 14.6 Å². The average Bonchev–Trinajstić information content (AvgIpc) is 3.07. The first-order chi connectivity index (χ1) is 10.7. The Hall–Kier alpha value is -1.26. The van der Waals surface area contributed by atoms with Crippen molar-refractivity contribution in [1.82, 2.24) is 0 Å². The minimum Gasteiger partial charge on any atom is -0.478 e. The quantitative estimate of drug-likeness (QED) is 0.846. The first-order valence-electron chi connectivity index (χ1n) is 8.49. The third-order valence-corrected chi connectivity index (χ3v) is 5.67.